The molecule has 0 unspecified atom stereocenters. The van der Waals surface area contributed by atoms with Gasteiger partial charge in [-0.1, -0.05) is 29.3 Å². The minimum atomic E-state index is -0.727. The van der Waals surface area contributed by atoms with Crippen molar-refractivity contribution < 1.29 is 9.90 Å². The first-order chi connectivity index (χ1) is 9.45. The lowest BCUT2D eigenvalue weighted by Gasteiger charge is -2.09. The Morgan fingerprint density at radius 2 is 2.15 bits per heavy atom. The lowest BCUT2D eigenvalue weighted by atomic mass is 10.1. The number of rotatable bonds is 3. The molecule has 104 valence electrons. The van der Waals surface area contributed by atoms with Gasteiger partial charge in [0, 0.05) is 11.6 Å². The van der Waals surface area contributed by atoms with Crippen molar-refractivity contribution in [2.24, 2.45) is 0 Å². The summed E-state index contributed by atoms with van der Waals surface area (Å²) in [7, 11) is 0. The highest BCUT2D eigenvalue weighted by molar-refractivity contribution is 6.39. The van der Waals surface area contributed by atoms with Crippen LogP contribution in [0.25, 0.3) is 10.9 Å². The van der Waals surface area contributed by atoms with Crippen LogP contribution < -0.4 is 10.9 Å². The third kappa shape index (κ3) is 2.50. The number of hydrogen-bond acceptors (Lipinski definition) is 3. The Kier molecular flexibility index (Phi) is 4.01. The van der Waals surface area contributed by atoms with Crippen molar-refractivity contribution in [3.05, 3.63) is 50.8 Å². The molecule has 0 saturated heterocycles. The number of halogens is 2. The van der Waals surface area contributed by atoms with Gasteiger partial charge in [-0.2, -0.15) is 0 Å². The minimum Gasteiger partial charge on any atom is -0.506 e. The van der Waals surface area contributed by atoms with E-state index in [-0.39, 0.29) is 22.5 Å². The third-order valence-electron chi connectivity index (χ3n) is 2.64. The van der Waals surface area contributed by atoms with E-state index in [0.717, 1.165) is 0 Å². The molecule has 3 N–H and O–H groups in total. The molecule has 0 radical (unpaired) electrons. The smallest absolute Gasteiger partial charge is 0.265 e. The minimum absolute atomic E-state index is 0.138. The number of aromatic hydroxyl groups is 1. The molecule has 2 rings (SSSR count). The summed E-state index contributed by atoms with van der Waals surface area (Å²) >= 11 is 11.8. The standard InChI is InChI=1S/C13H10Cl2N2O3/c1-2-3-16-12(19)10-11(18)9-7(15)4-6(14)5-8(9)17-13(10)20/h2,4-5H,1,3H2,(H,16,19)(H2,17,18,20). The first kappa shape index (κ1) is 14.4. The van der Waals surface area contributed by atoms with Crippen molar-refractivity contribution in [2.75, 3.05) is 6.54 Å². The molecule has 0 aliphatic carbocycles. The molecule has 7 heteroatoms. The quantitative estimate of drug-likeness (QED) is 0.761. The average Bonchev–Trinajstić information content (AvgIpc) is 2.34. The molecule has 0 saturated carbocycles. The Bertz CT molecular complexity index is 768. The number of H-pyrrole nitrogens is 1. The van der Waals surface area contributed by atoms with E-state index in [2.05, 4.69) is 16.9 Å². The van der Waals surface area contributed by atoms with Crippen molar-refractivity contribution in [3.8, 4) is 5.75 Å². The molecule has 1 aromatic heterocycles. The summed E-state index contributed by atoms with van der Waals surface area (Å²) < 4.78 is 0. The summed E-state index contributed by atoms with van der Waals surface area (Å²) in [6.07, 6.45) is 1.46. The van der Waals surface area contributed by atoms with E-state index in [9.17, 15) is 14.7 Å². The number of carbonyl (C=O) groups is 1. The van der Waals surface area contributed by atoms with Crippen LogP contribution in [0.5, 0.6) is 5.75 Å². The number of aromatic nitrogens is 1. The van der Waals surface area contributed by atoms with Crippen molar-refractivity contribution in [1.29, 1.82) is 0 Å². The summed E-state index contributed by atoms with van der Waals surface area (Å²) in [5.74, 6) is -1.19. The maximum atomic E-state index is 11.9. The van der Waals surface area contributed by atoms with E-state index in [1.54, 1.807) is 0 Å². The van der Waals surface area contributed by atoms with Gasteiger partial charge in [0.2, 0.25) is 0 Å². The molecular weight excluding hydrogens is 303 g/mol. The molecule has 0 bridgehead atoms. The summed E-state index contributed by atoms with van der Waals surface area (Å²) in [4.78, 5) is 26.2. The van der Waals surface area contributed by atoms with Crippen molar-refractivity contribution >= 4 is 40.0 Å². The van der Waals surface area contributed by atoms with Gasteiger partial charge < -0.3 is 15.4 Å². The predicted octanol–water partition coefficient (Wildman–Crippen LogP) is 2.46. The Hall–Kier alpha value is -1.98. The van der Waals surface area contributed by atoms with E-state index in [0.29, 0.717) is 5.02 Å². The van der Waals surface area contributed by atoms with Crippen molar-refractivity contribution in [3.63, 3.8) is 0 Å². The zero-order valence-corrected chi connectivity index (χ0v) is 11.7. The molecule has 0 aliphatic heterocycles. The number of nitrogens with one attached hydrogen (secondary N) is 2. The van der Waals surface area contributed by atoms with Gasteiger partial charge in [0.1, 0.15) is 11.3 Å². The second-order valence-corrected chi connectivity index (χ2v) is 4.83. The molecule has 5 nitrogen and oxygen atoms in total. The number of carbonyl (C=O) groups excluding carboxylic acids is 1. The van der Waals surface area contributed by atoms with E-state index in [1.807, 2.05) is 0 Å². The lowest BCUT2D eigenvalue weighted by Crippen LogP contribution is -2.29. The van der Waals surface area contributed by atoms with Crippen LogP contribution in [-0.4, -0.2) is 22.5 Å². The summed E-state index contributed by atoms with van der Waals surface area (Å²) in [5.41, 5.74) is -0.872. The molecule has 1 heterocycles. The highest BCUT2D eigenvalue weighted by atomic mass is 35.5. The monoisotopic (exact) mass is 312 g/mol. The maximum absolute atomic E-state index is 11.9. The van der Waals surface area contributed by atoms with Crippen LogP contribution in [0, 0.1) is 0 Å². The van der Waals surface area contributed by atoms with Crippen LogP contribution in [0.4, 0.5) is 0 Å². The summed E-state index contributed by atoms with van der Waals surface area (Å²) in [6, 6.07) is 2.85. The molecule has 20 heavy (non-hydrogen) atoms. The number of amides is 1. The van der Waals surface area contributed by atoms with Gasteiger partial charge >= 0.3 is 0 Å². The molecule has 0 atom stereocenters. The van der Waals surface area contributed by atoms with E-state index < -0.39 is 22.8 Å². The fraction of sp³-hybridized carbons (Fsp3) is 0.0769. The summed E-state index contributed by atoms with van der Waals surface area (Å²) in [5, 5.41) is 13.2. The number of benzene rings is 1. The van der Waals surface area contributed by atoms with Gasteiger partial charge in [0.15, 0.2) is 0 Å². The van der Waals surface area contributed by atoms with Crippen LogP contribution in [-0.2, 0) is 0 Å². The third-order valence-corrected chi connectivity index (χ3v) is 3.15. The topological polar surface area (TPSA) is 82.2 Å². The lowest BCUT2D eigenvalue weighted by molar-refractivity contribution is 0.0954. The Morgan fingerprint density at radius 3 is 2.80 bits per heavy atom. The number of hydrogen-bond donors (Lipinski definition) is 3. The van der Waals surface area contributed by atoms with Crippen molar-refractivity contribution in [2.45, 2.75) is 0 Å². The number of pyridine rings is 1. The number of aromatic amines is 1. The van der Waals surface area contributed by atoms with E-state index >= 15 is 0 Å². The Labute approximate surface area is 123 Å². The van der Waals surface area contributed by atoms with Crippen LogP contribution in [0.15, 0.2) is 29.6 Å². The highest BCUT2D eigenvalue weighted by Crippen LogP contribution is 2.33. The van der Waals surface area contributed by atoms with Crippen LogP contribution in [0.3, 0.4) is 0 Å². The van der Waals surface area contributed by atoms with Gasteiger partial charge in [-0.05, 0) is 12.1 Å². The first-order valence-electron chi connectivity index (χ1n) is 5.58. The molecule has 0 spiro atoms. The Balaban J connectivity index is 2.72. The molecule has 0 fully saturated rings. The van der Waals surface area contributed by atoms with Crippen LogP contribution >= 0.6 is 23.2 Å². The predicted molar refractivity (Wildman–Crippen MR) is 78.8 cm³/mol. The molecule has 1 amide bonds. The zero-order valence-electron chi connectivity index (χ0n) is 10.2. The van der Waals surface area contributed by atoms with Crippen molar-refractivity contribution in [1.82, 2.24) is 10.3 Å². The van der Waals surface area contributed by atoms with Gasteiger partial charge in [-0.15, -0.1) is 6.58 Å². The normalized spacial score (nSPS) is 10.5. The number of fused-ring (bicyclic) bond motifs is 1. The fourth-order valence-corrected chi connectivity index (χ4v) is 2.38. The maximum Gasteiger partial charge on any atom is 0.265 e. The SMILES string of the molecule is C=CCNC(=O)c1c(O)c2c(Cl)cc(Cl)cc2[nH]c1=O. The molecule has 1 aromatic carbocycles. The van der Waals surface area contributed by atoms with E-state index in [4.69, 9.17) is 23.2 Å². The van der Waals surface area contributed by atoms with Gasteiger partial charge in [-0.3, -0.25) is 9.59 Å². The Morgan fingerprint density at radius 1 is 1.45 bits per heavy atom. The van der Waals surface area contributed by atoms with Gasteiger partial charge in [0.05, 0.1) is 15.9 Å². The molecule has 2 aromatic rings. The van der Waals surface area contributed by atoms with Gasteiger partial charge in [0.25, 0.3) is 11.5 Å². The second kappa shape index (κ2) is 5.56. The second-order valence-electron chi connectivity index (χ2n) is 3.99. The first-order valence-corrected chi connectivity index (χ1v) is 6.34. The summed E-state index contributed by atoms with van der Waals surface area (Å²) in [6.45, 7) is 3.62. The van der Waals surface area contributed by atoms with Crippen LogP contribution in [0.2, 0.25) is 10.0 Å². The van der Waals surface area contributed by atoms with E-state index in [1.165, 1.54) is 18.2 Å². The largest absolute Gasteiger partial charge is 0.506 e. The van der Waals surface area contributed by atoms with Crippen LogP contribution in [0.1, 0.15) is 10.4 Å². The fourth-order valence-electron chi connectivity index (χ4n) is 1.79. The van der Waals surface area contributed by atoms with Gasteiger partial charge in [-0.25, -0.2) is 0 Å². The zero-order chi connectivity index (χ0) is 14.9. The molecule has 0 aliphatic rings. The highest BCUT2D eigenvalue weighted by Gasteiger charge is 2.20. The molecular formula is C13H10Cl2N2O3. The average molecular weight is 313 g/mol.